The third kappa shape index (κ3) is 4.83. The highest BCUT2D eigenvalue weighted by Crippen LogP contribution is 2.21. The zero-order valence-corrected chi connectivity index (χ0v) is 16.0. The molecule has 1 atom stereocenters. The number of rotatable bonds is 7. The van der Waals surface area contributed by atoms with Gasteiger partial charge in [0, 0.05) is 19.0 Å². The molecule has 3 rings (SSSR count). The van der Waals surface area contributed by atoms with E-state index in [4.69, 9.17) is 0 Å². The number of hydrogen-bond acceptors (Lipinski definition) is 4. The number of amides is 2. The maximum atomic E-state index is 12.5. The molecule has 0 aromatic carbocycles. The third-order valence-electron chi connectivity index (χ3n) is 5.49. The SMILES string of the molecule is CC(C)CCC(=O)N1CCC[C@H]1Cn1cc(C(=O)NC2CCCC2)nn1. The molecule has 1 aromatic heterocycles. The van der Waals surface area contributed by atoms with E-state index >= 15 is 0 Å². The molecule has 1 aliphatic heterocycles. The van der Waals surface area contributed by atoms with Gasteiger partial charge in [0.05, 0.1) is 18.8 Å². The lowest BCUT2D eigenvalue weighted by Crippen LogP contribution is -2.38. The molecule has 2 aliphatic rings. The number of carbonyl (C=O) groups is 2. The monoisotopic (exact) mass is 361 g/mol. The van der Waals surface area contributed by atoms with Crippen LogP contribution in [0.2, 0.25) is 0 Å². The fourth-order valence-electron chi connectivity index (χ4n) is 3.95. The van der Waals surface area contributed by atoms with E-state index in [0.29, 0.717) is 24.6 Å². The van der Waals surface area contributed by atoms with Crippen LogP contribution in [0.3, 0.4) is 0 Å². The number of aromatic nitrogens is 3. The summed E-state index contributed by atoms with van der Waals surface area (Å²) in [4.78, 5) is 26.7. The molecule has 7 heteroatoms. The second kappa shape index (κ2) is 8.64. The molecule has 1 aromatic rings. The minimum absolute atomic E-state index is 0.139. The summed E-state index contributed by atoms with van der Waals surface area (Å²) < 4.78 is 1.71. The van der Waals surface area contributed by atoms with E-state index in [1.807, 2.05) is 4.90 Å². The summed E-state index contributed by atoms with van der Waals surface area (Å²) in [6.45, 7) is 5.72. The van der Waals surface area contributed by atoms with Crippen LogP contribution in [0.5, 0.6) is 0 Å². The van der Waals surface area contributed by atoms with Crippen LogP contribution in [-0.4, -0.2) is 50.3 Å². The molecule has 144 valence electrons. The van der Waals surface area contributed by atoms with Crippen LogP contribution in [-0.2, 0) is 11.3 Å². The molecule has 1 aliphatic carbocycles. The lowest BCUT2D eigenvalue weighted by atomic mass is 10.1. The molecule has 2 heterocycles. The van der Waals surface area contributed by atoms with E-state index in [2.05, 4.69) is 29.5 Å². The Morgan fingerprint density at radius 2 is 2.00 bits per heavy atom. The summed E-state index contributed by atoms with van der Waals surface area (Å²) in [7, 11) is 0. The summed E-state index contributed by atoms with van der Waals surface area (Å²) in [5.41, 5.74) is 0.368. The topological polar surface area (TPSA) is 80.1 Å². The minimum atomic E-state index is -0.139. The number of carbonyl (C=O) groups excluding carboxylic acids is 2. The molecule has 0 radical (unpaired) electrons. The second-order valence-electron chi connectivity index (χ2n) is 8.10. The van der Waals surface area contributed by atoms with Gasteiger partial charge in [0.1, 0.15) is 0 Å². The lowest BCUT2D eigenvalue weighted by Gasteiger charge is -2.25. The highest BCUT2D eigenvalue weighted by Gasteiger charge is 2.29. The van der Waals surface area contributed by atoms with Gasteiger partial charge in [-0.3, -0.25) is 9.59 Å². The zero-order chi connectivity index (χ0) is 18.5. The van der Waals surface area contributed by atoms with E-state index in [1.165, 1.54) is 12.8 Å². The van der Waals surface area contributed by atoms with Gasteiger partial charge in [0.25, 0.3) is 5.91 Å². The van der Waals surface area contributed by atoms with E-state index < -0.39 is 0 Å². The maximum Gasteiger partial charge on any atom is 0.273 e. The van der Waals surface area contributed by atoms with Crippen LogP contribution in [0.15, 0.2) is 6.20 Å². The van der Waals surface area contributed by atoms with Gasteiger partial charge < -0.3 is 10.2 Å². The first-order chi connectivity index (χ1) is 12.5. The average molecular weight is 361 g/mol. The zero-order valence-electron chi connectivity index (χ0n) is 16.0. The van der Waals surface area contributed by atoms with Crippen molar-refractivity contribution in [2.45, 2.75) is 83.8 Å². The molecule has 0 unspecified atom stereocenters. The van der Waals surface area contributed by atoms with Gasteiger partial charge in [-0.2, -0.15) is 0 Å². The Morgan fingerprint density at radius 1 is 1.23 bits per heavy atom. The van der Waals surface area contributed by atoms with Crippen LogP contribution in [0.1, 0.15) is 75.7 Å². The molecule has 1 N–H and O–H groups in total. The summed E-state index contributed by atoms with van der Waals surface area (Å²) in [6.07, 6.45) is 9.72. The fourth-order valence-corrected chi connectivity index (χ4v) is 3.95. The van der Waals surface area contributed by atoms with E-state index in [1.54, 1.807) is 10.9 Å². The van der Waals surface area contributed by atoms with E-state index in [9.17, 15) is 9.59 Å². The average Bonchev–Trinajstić information content (AvgIpc) is 3.34. The van der Waals surface area contributed by atoms with Gasteiger partial charge in [-0.05, 0) is 38.0 Å². The first kappa shape index (κ1) is 18.9. The van der Waals surface area contributed by atoms with Gasteiger partial charge in [-0.25, -0.2) is 4.68 Å². The number of nitrogens with zero attached hydrogens (tertiary/aromatic N) is 4. The van der Waals surface area contributed by atoms with Crippen molar-refractivity contribution in [1.82, 2.24) is 25.2 Å². The van der Waals surface area contributed by atoms with E-state index in [0.717, 1.165) is 38.6 Å². The van der Waals surface area contributed by atoms with Crippen LogP contribution in [0.25, 0.3) is 0 Å². The minimum Gasteiger partial charge on any atom is -0.348 e. The maximum absolute atomic E-state index is 12.5. The van der Waals surface area contributed by atoms with Crippen molar-refractivity contribution in [1.29, 1.82) is 0 Å². The highest BCUT2D eigenvalue weighted by atomic mass is 16.2. The summed E-state index contributed by atoms with van der Waals surface area (Å²) >= 11 is 0. The Kier molecular flexibility index (Phi) is 6.27. The highest BCUT2D eigenvalue weighted by molar-refractivity contribution is 5.92. The van der Waals surface area contributed by atoms with Crippen LogP contribution in [0, 0.1) is 5.92 Å². The summed E-state index contributed by atoms with van der Waals surface area (Å²) in [5, 5.41) is 11.2. The van der Waals surface area contributed by atoms with Gasteiger partial charge >= 0.3 is 0 Å². The van der Waals surface area contributed by atoms with Gasteiger partial charge in [-0.1, -0.05) is 31.9 Å². The Hall–Kier alpha value is -1.92. The summed E-state index contributed by atoms with van der Waals surface area (Å²) in [5.74, 6) is 0.635. The van der Waals surface area contributed by atoms with Crippen molar-refractivity contribution in [2.75, 3.05) is 6.54 Å². The lowest BCUT2D eigenvalue weighted by molar-refractivity contribution is -0.132. The van der Waals surface area contributed by atoms with Gasteiger partial charge in [-0.15, -0.1) is 5.10 Å². The van der Waals surface area contributed by atoms with Crippen LogP contribution in [0.4, 0.5) is 0 Å². The molecule has 2 fully saturated rings. The Labute approximate surface area is 155 Å². The molecular weight excluding hydrogens is 330 g/mol. The molecule has 7 nitrogen and oxygen atoms in total. The normalized spacial score (nSPS) is 20.9. The first-order valence-corrected chi connectivity index (χ1v) is 10.0. The third-order valence-corrected chi connectivity index (χ3v) is 5.49. The standard InChI is InChI=1S/C19H31N5O2/c1-14(2)9-10-18(25)24-11-5-8-16(24)12-23-13-17(21-22-23)19(26)20-15-6-3-4-7-15/h13-16H,3-12H2,1-2H3,(H,20,26)/t16-/m0/s1. The molecule has 2 amide bonds. The molecule has 0 bridgehead atoms. The van der Waals surface area contributed by atoms with Crippen molar-refractivity contribution in [2.24, 2.45) is 5.92 Å². The Bertz CT molecular complexity index is 621. The second-order valence-corrected chi connectivity index (χ2v) is 8.10. The number of nitrogens with one attached hydrogen (secondary N) is 1. The van der Waals surface area contributed by atoms with Crippen molar-refractivity contribution in [3.63, 3.8) is 0 Å². The van der Waals surface area contributed by atoms with Crippen molar-refractivity contribution in [3.8, 4) is 0 Å². The molecular formula is C19H31N5O2. The molecule has 1 saturated heterocycles. The number of hydrogen-bond donors (Lipinski definition) is 1. The molecule has 26 heavy (non-hydrogen) atoms. The van der Waals surface area contributed by atoms with Crippen LogP contribution >= 0.6 is 0 Å². The van der Waals surface area contributed by atoms with Crippen molar-refractivity contribution < 1.29 is 9.59 Å². The Morgan fingerprint density at radius 3 is 2.73 bits per heavy atom. The predicted octanol–water partition coefficient (Wildman–Crippen LogP) is 2.38. The largest absolute Gasteiger partial charge is 0.348 e. The Balaban J connectivity index is 1.54. The molecule has 0 spiro atoms. The predicted molar refractivity (Wildman–Crippen MR) is 98.6 cm³/mol. The quantitative estimate of drug-likeness (QED) is 0.808. The van der Waals surface area contributed by atoms with Crippen LogP contribution < -0.4 is 5.32 Å². The van der Waals surface area contributed by atoms with Crippen molar-refractivity contribution in [3.05, 3.63) is 11.9 Å². The van der Waals surface area contributed by atoms with Crippen molar-refractivity contribution >= 4 is 11.8 Å². The molecule has 1 saturated carbocycles. The van der Waals surface area contributed by atoms with E-state index in [-0.39, 0.29) is 23.9 Å². The first-order valence-electron chi connectivity index (χ1n) is 10.0. The smallest absolute Gasteiger partial charge is 0.273 e. The van der Waals surface area contributed by atoms with Gasteiger partial charge in [0.2, 0.25) is 5.91 Å². The fraction of sp³-hybridized carbons (Fsp3) is 0.789. The van der Waals surface area contributed by atoms with Gasteiger partial charge in [0.15, 0.2) is 5.69 Å². The summed E-state index contributed by atoms with van der Waals surface area (Å²) in [6, 6.07) is 0.429. The number of likely N-dealkylation sites (tertiary alicyclic amines) is 1.